The summed E-state index contributed by atoms with van der Waals surface area (Å²) >= 11 is 0. The van der Waals surface area contributed by atoms with E-state index in [0.717, 1.165) is 51.4 Å². The molecule has 0 radical (unpaired) electrons. The fourth-order valence-electron chi connectivity index (χ4n) is 5.79. The van der Waals surface area contributed by atoms with Crippen LogP contribution in [0.15, 0.2) is 0 Å². The Kier molecular flexibility index (Phi) is 6.89. The highest BCUT2D eigenvalue weighted by Gasteiger charge is 2.62. The van der Waals surface area contributed by atoms with Gasteiger partial charge in [-0.3, -0.25) is 0 Å². The zero-order valence-electron chi connectivity index (χ0n) is 18.9. The average molecular weight is 443 g/mol. The third-order valence-electron chi connectivity index (χ3n) is 7.35. The lowest BCUT2D eigenvalue weighted by atomic mass is 9.94. The van der Waals surface area contributed by atoms with Gasteiger partial charge in [-0.1, -0.05) is 12.8 Å². The highest BCUT2D eigenvalue weighted by atomic mass is 16.9. The Morgan fingerprint density at radius 2 is 1.55 bits per heavy atom. The third-order valence-corrected chi connectivity index (χ3v) is 7.35. The molecule has 8 heteroatoms. The minimum absolute atomic E-state index is 0.200. The van der Waals surface area contributed by atoms with Crippen molar-refractivity contribution in [3.8, 4) is 0 Å². The molecule has 0 aromatic heterocycles. The monoisotopic (exact) mass is 442 g/mol. The SMILES string of the molecule is COCCOC(C)O[C@@H]1[C@H]2OC3(CCCCC3)O[C@H]2O[C@@H]1C1COC2(CCCCC2)O1. The number of rotatable bonds is 7. The Morgan fingerprint density at radius 3 is 2.26 bits per heavy atom. The number of methoxy groups -OCH3 is 1. The molecule has 31 heavy (non-hydrogen) atoms. The van der Waals surface area contributed by atoms with Crippen molar-refractivity contribution >= 4 is 0 Å². The van der Waals surface area contributed by atoms with E-state index in [2.05, 4.69) is 0 Å². The molecule has 2 saturated carbocycles. The summed E-state index contributed by atoms with van der Waals surface area (Å²) in [5.74, 6) is -0.987. The van der Waals surface area contributed by atoms with Gasteiger partial charge in [-0.15, -0.1) is 0 Å². The largest absolute Gasteiger partial charge is 0.382 e. The molecule has 8 nitrogen and oxygen atoms in total. The molecule has 0 aromatic rings. The van der Waals surface area contributed by atoms with Crippen molar-refractivity contribution in [3.63, 3.8) is 0 Å². The molecule has 2 spiro atoms. The summed E-state index contributed by atoms with van der Waals surface area (Å²) < 4.78 is 49.2. The van der Waals surface area contributed by atoms with Gasteiger partial charge in [0.25, 0.3) is 0 Å². The molecular formula is C23H38O8. The molecule has 2 aliphatic carbocycles. The average Bonchev–Trinajstić information content (AvgIpc) is 3.42. The van der Waals surface area contributed by atoms with Crippen LogP contribution >= 0.6 is 0 Å². The van der Waals surface area contributed by atoms with E-state index in [0.29, 0.717) is 19.8 Å². The van der Waals surface area contributed by atoms with Crippen LogP contribution in [0, 0.1) is 0 Å². The van der Waals surface area contributed by atoms with Crippen LogP contribution in [0.25, 0.3) is 0 Å². The minimum Gasteiger partial charge on any atom is -0.382 e. The minimum atomic E-state index is -0.530. The number of ether oxygens (including phenoxy) is 8. The van der Waals surface area contributed by atoms with Crippen LogP contribution in [-0.2, 0) is 37.9 Å². The summed E-state index contributed by atoms with van der Waals surface area (Å²) in [4.78, 5) is 0. The van der Waals surface area contributed by atoms with Gasteiger partial charge in [-0.2, -0.15) is 0 Å². The van der Waals surface area contributed by atoms with Crippen molar-refractivity contribution in [1.29, 1.82) is 0 Å². The summed E-state index contributed by atoms with van der Waals surface area (Å²) in [5.41, 5.74) is 0. The van der Waals surface area contributed by atoms with E-state index in [9.17, 15) is 0 Å². The Labute approximate surface area is 185 Å². The van der Waals surface area contributed by atoms with Crippen LogP contribution < -0.4 is 0 Å². The van der Waals surface area contributed by atoms with Crippen molar-refractivity contribution in [2.24, 2.45) is 0 Å². The van der Waals surface area contributed by atoms with Gasteiger partial charge in [-0.25, -0.2) is 0 Å². The van der Waals surface area contributed by atoms with Crippen LogP contribution in [0.4, 0.5) is 0 Å². The zero-order valence-corrected chi connectivity index (χ0v) is 18.9. The van der Waals surface area contributed by atoms with E-state index in [-0.39, 0.29) is 24.4 Å². The highest BCUT2D eigenvalue weighted by molar-refractivity contribution is 5.01. The zero-order chi connectivity index (χ0) is 21.3. The second-order valence-corrected chi connectivity index (χ2v) is 9.61. The lowest BCUT2D eigenvalue weighted by Crippen LogP contribution is -2.47. The summed E-state index contributed by atoms with van der Waals surface area (Å²) in [5, 5.41) is 0. The van der Waals surface area contributed by atoms with E-state index >= 15 is 0 Å². The standard InChI is InChI=1S/C23H38O8/c1-16(25-14-13-24-2)27-19-18(17-15-26-22(29-17)9-5-3-6-10-22)28-21-20(19)30-23(31-21)11-7-4-8-12-23/h16-21H,3-15H2,1-2H3/t16?,17?,18-,19+,20-,21-/m1/s1. The fourth-order valence-corrected chi connectivity index (χ4v) is 5.79. The van der Waals surface area contributed by atoms with Gasteiger partial charge < -0.3 is 37.9 Å². The maximum Gasteiger partial charge on any atom is 0.190 e. The van der Waals surface area contributed by atoms with E-state index < -0.39 is 24.2 Å². The van der Waals surface area contributed by atoms with Gasteiger partial charge in [0.05, 0.1) is 19.8 Å². The van der Waals surface area contributed by atoms with Gasteiger partial charge in [0.15, 0.2) is 24.2 Å². The Balaban J connectivity index is 1.28. The van der Waals surface area contributed by atoms with Crippen molar-refractivity contribution in [3.05, 3.63) is 0 Å². The first kappa shape index (κ1) is 22.5. The summed E-state index contributed by atoms with van der Waals surface area (Å²) in [6, 6.07) is 0. The molecule has 2 unspecified atom stereocenters. The quantitative estimate of drug-likeness (QED) is 0.439. The first-order valence-corrected chi connectivity index (χ1v) is 12.2. The number of hydrogen-bond donors (Lipinski definition) is 0. The van der Waals surface area contributed by atoms with Crippen LogP contribution in [0.2, 0.25) is 0 Å². The predicted octanol–water partition coefficient (Wildman–Crippen LogP) is 3.26. The third kappa shape index (κ3) is 4.68. The topological polar surface area (TPSA) is 73.8 Å². The molecule has 5 rings (SSSR count). The van der Waals surface area contributed by atoms with Gasteiger partial charge in [-0.05, 0) is 32.6 Å². The van der Waals surface area contributed by atoms with E-state index in [1.54, 1.807) is 7.11 Å². The molecular weight excluding hydrogens is 404 g/mol. The van der Waals surface area contributed by atoms with Crippen LogP contribution in [0.5, 0.6) is 0 Å². The molecule has 3 heterocycles. The van der Waals surface area contributed by atoms with E-state index in [1.165, 1.54) is 12.8 Å². The first-order valence-electron chi connectivity index (χ1n) is 12.2. The predicted molar refractivity (Wildman–Crippen MR) is 109 cm³/mol. The lowest BCUT2D eigenvalue weighted by Gasteiger charge is -2.36. The molecule has 3 aliphatic heterocycles. The summed E-state index contributed by atoms with van der Waals surface area (Å²) in [7, 11) is 1.66. The maximum absolute atomic E-state index is 6.53. The Morgan fingerprint density at radius 1 is 0.839 bits per heavy atom. The summed E-state index contributed by atoms with van der Waals surface area (Å²) in [6.07, 6.45) is 8.71. The molecule has 6 atom stereocenters. The van der Waals surface area contributed by atoms with Crippen molar-refractivity contribution in [2.45, 2.75) is 120 Å². The van der Waals surface area contributed by atoms with E-state index in [4.69, 9.17) is 37.9 Å². The molecule has 0 amide bonds. The number of fused-ring (bicyclic) bond motifs is 1. The van der Waals surface area contributed by atoms with Crippen LogP contribution in [0.1, 0.15) is 71.1 Å². The molecule has 0 aromatic carbocycles. The molecule has 178 valence electrons. The normalized spacial score (nSPS) is 39.9. The van der Waals surface area contributed by atoms with Gasteiger partial charge in [0.1, 0.15) is 24.4 Å². The Hall–Kier alpha value is -0.320. The molecule has 0 bridgehead atoms. The van der Waals surface area contributed by atoms with Gasteiger partial charge >= 0.3 is 0 Å². The second kappa shape index (κ2) is 9.50. The van der Waals surface area contributed by atoms with Crippen molar-refractivity contribution in [1.82, 2.24) is 0 Å². The molecule has 5 fully saturated rings. The van der Waals surface area contributed by atoms with Crippen LogP contribution in [-0.4, -0.2) is 75.5 Å². The Bertz CT molecular complexity index is 588. The second-order valence-electron chi connectivity index (χ2n) is 9.61. The fraction of sp³-hybridized carbons (Fsp3) is 1.00. The summed E-state index contributed by atoms with van der Waals surface area (Å²) in [6.45, 7) is 3.40. The lowest BCUT2D eigenvalue weighted by molar-refractivity contribution is -0.274. The van der Waals surface area contributed by atoms with Crippen LogP contribution in [0.3, 0.4) is 0 Å². The number of hydrogen-bond acceptors (Lipinski definition) is 8. The molecule has 5 aliphatic rings. The maximum atomic E-state index is 6.53. The van der Waals surface area contributed by atoms with Crippen molar-refractivity contribution < 1.29 is 37.9 Å². The van der Waals surface area contributed by atoms with Gasteiger partial charge in [0.2, 0.25) is 0 Å². The van der Waals surface area contributed by atoms with Crippen molar-refractivity contribution in [2.75, 3.05) is 26.9 Å². The molecule has 0 N–H and O–H groups in total. The highest BCUT2D eigenvalue weighted by Crippen LogP contribution is 2.48. The smallest absolute Gasteiger partial charge is 0.190 e. The molecule has 3 saturated heterocycles. The first-order chi connectivity index (χ1) is 15.1. The van der Waals surface area contributed by atoms with Gasteiger partial charge in [0, 0.05) is 32.8 Å². The van der Waals surface area contributed by atoms with E-state index in [1.807, 2.05) is 6.92 Å².